The Morgan fingerprint density at radius 3 is 2.74 bits per heavy atom. The number of halogens is 1. The Bertz CT molecular complexity index is 466. The molecule has 0 saturated heterocycles. The summed E-state index contributed by atoms with van der Waals surface area (Å²) in [5.74, 6) is -0.198. The van der Waals surface area contributed by atoms with Gasteiger partial charge in [0.15, 0.2) is 5.76 Å². The van der Waals surface area contributed by atoms with Crippen molar-refractivity contribution in [2.24, 2.45) is 16.1 Å². The van der Waals surface area contributed by atoms with Crippen LogP contribution in [0.25, 0.3) is 0 Å². The highest BCUT2D eigenvalue weighted by molar-refractivity contribution is 6.65. The molecule has 1 aromatic rings. The Balaban J connectivity index is 3.01. The first-order valence-corrected chi connectivity index (χ1v) is 6.49. The van der Waals surface area contributed by atoms with Crippen molar-refractivity contribution in [1.29, 1.82) is 0 Å². The lowest BCUT2D eigenvalue weighted by Crippen LogP contribution is -2.18. The van der Waals surface area contributed by atoms with Gasteiger partial charge in [-0.15, -0.1) is 10.2 Å². The standard InChI is InChI=1S/C13H17ClN2O3/c1-4-9(3)12(14)16-15-11(13(17)18-5-2)10-7-6-8-19-10/h6-9H,4-5H2,1-3H3. The molecule has 104 valence electrons. The molecule has 1 aromatic heterocycles. The Morgan fingerprint density at radius 2 is 2.21 bits per heavy atom. The highest BCUT2D eigenvalue weighted by Crippen LogP contribution is 2.10. The fourth-order valence-electron chi connectivity index (χ4n) is 1.17. The number of hydrogen-bond acceptors (Lipinski definition) is 5. The van der Waals surface area contributed by atoms with E-state index in [0.29, 0.717) is 10.9 Å². The first kappa shape index (κ1) is 15.4. The van der Waals surface area contributed by atoms with Gasteiger partial charge in [-0.3, -0.25) is 0 Å². The summed E-state index contributed by atoms with van der Waals surface area (Å²) in [6.45, 7) is 5.89. The van der Waals surface area contributed by atoms with Gasteiger partial charge in [-0.1, -0.05) is 25.4 Å². The van der Waals surface area contributed by atoms with E-state index in [0.717, 1.165) is 6.42 Å². The molecule has 0 aromatic carbocycles. The zero-order chi connectivity index (χ0) is 14.3. The third kappa shape index (κ3) is 4.52. The maximum Gasteiger partial charge on any atom is 0.362 e. The zero-order valence-electron chi connectivity index (χ0n) is 11.2. The van der Waals surface area contributed by atoms with E-state index in [9.17, 15) is 4.79 Å². The minimum Gasteiger partial charge on any atom is -0.462 e. The summed E-state index contributed by atoms with van der Waals surface area (Å²) in [5, 5.41) is 8.07. The molecule has 0 bridgehead atoms. The number of furan rings is 1. The summed E-state index contributed by atoms with van der Waals surface area (Å²) in [7, 11) is 0. The van der Waals surface area contributed by atoms with E-state index in [2.05, 4.69) is 10.2 Å². The lowest BCUT2D eigenvalue weighted by atomic mass is 10.1. The number of ether oxygens (including phenoxy) is 1. The van der Waals surface area contributed by atoms with Crippen molar-refractivity contribution in [3.63, 3.8) is 0 Å². The van der Waals surface area contributed by atoms with Crippen LogP contribution in [0.15, 0.2) is 33.0 Å². The molecule has 0 radical (unpaired) electrons. The number of carbonyl (C=O) groups excluding carboxylic acids is 1. The summed E-state index contributed by atoms with van der Waals surface area (Å²) >= 11 is 5.98. The zero-order valence-corrected chi connectivity index (χ0v) is 12.0. The van der Waals surface area contributed by atoms with Crippen molar-refractivity contribution in [3.8, 4) is 0 Å². The molecule has 0 aliphatic carbocycles. The Hall–Kier alpha value is -1.62. The van der Waals surface area contributed by atoms with E-state index in [1.807, 2.05) is 13.8 Å². The molecule has 1 unspecified atom stereocenters. The second kappa shape index (κ2) is 7.74. The molecular weight excluding hydrogens is 268 g/mol. The van der Waals surface area contributed by atoms with E-state index in [1.165, 1.54) is 6.26 Å². The van der Waals surface area contributed by atoms with Crippen LogP contribution >= 0.6 is 11.6 Å². The van der Waals surface area contributed by atoms with Crippen molar-refractivity contribution in [1.82, 2.24) is 0 Å². The van der Waals surface area contributed by atoms with Crippen molar-refractivity contribution in [2.45, 2.75) is 27.2 Å². The van der Waals surface area contributed by atoms with Gasteiger partial charge in [0, 0.05) is 5.92 Å². The molecule has 0 N–H and O–H groups in total. The molecule has 0 spiro atoms. The van der Waals surface area contributed by atoms with Crippen LogP contribution in [0.5, 0.6) is 0 Å². The molecule has 0 saturated carbocycles. The molecule has 0 amide bonds. The average molecular weight is 285 g/mol. The number of nitrogens with zero attached hydrogens (tertiary/aromatic N) is 2. The predicted octanol–water partition coefficient (Wildman–Crippen LogP) is 3.23. The molecule has 1 heterocycles. The summed E-state index contributed by atoms with van der Waals surface area (Å²) in [4.78, 5) is 11.8. The third-order valence-electron chi connectivity index (χ3n) is 2.49. The molecule has 1 rings (SSSR count). The van der Waals surface area contributed by atoms with Gasteiger partial charge in [-0.05, 0) is 25.5 Å². The highest BCUT2D eigenvalue weighted by Gasteiger charge is 2.18. The Labute approximate surface area is 117 Å². The van der Waals surface area contributed by atoms with Crippen LogP contribution in [-0.4, -0.2) is 23.5 Å². The van der Waals surface area contributed by atoms with Gasteiger partial charge in [0.2, 0.25) is 5.71 Å². The molecule has 19 heavy (non-hydrogen) atoms. The number of esters is 1. The van der Waals surface area contributed by atoms with E-state index >= 15 is 0 Å². The quantitative estimate of drug-likeness (QED) is 0.458. The van der Waals surface area contributed by atoms with Crippen LogP contribution in [0.2, 0.25) is 0 Å². The average Bonchev–Trinajstić information content (AvgIpc) is 2.92. The van der Waals surface area contributed by atoms with Crippen molar-refractivity contribution >= 4 is 28.5 Å². The van der Waals surface area contributed by atoms with Crippen LogP contribution in [0.3, 0.4) is 0 Å². The molecular formula is C13H17ClN2O3. The first-order valence-electron chi connectivity index (χ1n) is 6.12. The molecule has 0 aliphatic heterocycles. The highest BCUT2D eigenvalue weighted by atomic mass is 35.5. The number of rotatable bonds is 6. The number of carbonyl (C=O) groups is 1. The van der Waals surface area contributed by atoms with Crippen molar-refractivity contribution < 1.29 is 13.9 Å². The maximum atomic E-state index is 11.8. The monoisotopic (exact) mass is 284 g/mol. The van der Waals surface area contributed by atoms with Crippen molar-refractivity contribution in [3.05, 3.63) is 24.2 Å². The van der Waals surface area contributed by atoms with Crippen LogP contribution < -0.4 is 0 Å². The van der Waals surface area contributed by atoms with Gasteiger partial charge >= 0.3 is 5.97 Å². The summed E-state index contributed by atoms with van der Waals surface area (Å²) in [6.07, 6.45) is 2.29. The molecule has 5 nitrogen and oxygen atoms in total. The second-order valence-electron chi connectivity index (χ2n) is 3.88. The number of hydrogen-bond donors (Lipinski definition) is 0. The van der Waals surface area contributed by atoms with Gasteiger partial charge in [-0.2, -0.15) is 0 Å². The topological polar surface area (TPSA) is 64.2 Å². The van der Waals surface area contributed by atoms with E-state index in [1.54, 1.807) is 19.1 Å². The van der Waals surface area contributed by atoms with Gasteiger partial charge < -0.3 is 9.15 Å². The van der Waals surface area contributed by atoms with Crippen LogP contribution in [0, 0.1) is 5.92 Å². The van der Waals surface area contributed by atoms with Crippen LogP contribution in [-0.2, 0) is 9.53 Å². The normalized spacial score (nSPS) is 14.3. The van der Waals surface area contributed by atoms with Crippen LogP contribution in [0.1, 0.15) is 33.0 Å². The molecule has 6 heteroatoms. The summed E-state index contributed by atoms with van der Waals surface area (Å²) in [6, 6.07) is 3.27. The van der Waals surface area contributed by atoms with E-state index < -0.39 is 5.97 Å². The Kier molecular flexibility index (Phi) is 6.29. The Morgan fingerprint density at radius 1 is 1.47 bits per heavy atom. The van der Waals surface area contributed by atoms with Gasteiger partial charge in [0.1, 0.15) is 5.17 Å². The SMILES string of the molecule is CCOC(=O)C(=NN=C(Cl)C(C)CC)c1ccco1. The lowest BCUT2D eigenvalue weighted by Gasteiger charge is -2.04. The largest absolute Gasteiger partial charge is 0.462 e. The summed E-state index contributed by atoms with van der Waals surface area (Å²) in [5.41, 5.74) is 0.00769. The molecule has 0 aliphatic rings. The smallest absolute Gasteiger partial charge is 0.362 e. The van der Waals surface area contributed by atoms with Gasteiger partial charge in [-0.25, -0.2) is 4.79 Å². The predicted molar refractivity (Wildman–Crippen MR) is 74.6 cm³/mol. The minimum atomic E-state index is -0.588. The van der Waals surface area contributed by atoms with Gasteiger partial charge in [0.25, 0.3) is 0 Å². The maximum absolute atomic E-state index is 11.8. The van der Waals surface area contributed by atoms with E-state index in [-0.39, 0.29) is 18.2 Å². The van der Waals surface area contributed by atoms with E-state index in [4.69, 9.17) is 20.8 Å². The minimum absolute atomic E-state index is 0.00769. The second-order valence-corrected chi connectivity index (χ2v) is 4.27. The first-order chi connectivity index (χ1) is 9.10. The van der Waals surface area contributed by atoms with Crippen molar-refractivity contribution in [2.75, 3.05) is 6.61 Å². The summed E-state index contributed by atoms with van der Waals surface area (Å²) < 4.78 is 10.0. The van der Waals surface area contributed by atoms with Crippen LogP contribution in [0.4, 0.5) is 0 Å². The third-order valence-corrected chi connectivity index (χ3v) is 2.94. The van der Waals surface area contributed by atoms with Gasteiger partial charge in [0.05, 0.1) is 12.9 Å². The lowest BCUT2D eigenvalue weighted by molar-refractivity contribution is -0.135. The molecule has 0 fully saturated rings. The fourth-order valence-corrected chi connectivity index (χ4v) is 1.36. The fraction of sp³-hybridized carbons (Fsp3) is 0.462. The molecule has 1 atom stereocenters.